The molecule has 8 heteroatoms. The minimum atomic E-state index is 0. The molecule has 1 N–H and O–H groups in total. The first-order chi connectivity index (χ1) is 14.7. The van der Waals surface area contributed by atoms with Gasteiger partial charge in [-0.05, 0) is 31.2 Å². The van der Waals surface area contributed by atoms with Gasteiger partial charge in [-0.1, -0.05) is 18.2 Å². The van der Waals surface area contributed by atoms with E-state index in [-0.39, 0.29) is 24.0 Å². The van der Waals surface area contributed by atoms with E-state index in [4.69, 9.17) is 4.74 Å². The first kappa shape index (κ1) is 23.2. The number of piperazine rings is 1. The topological polar surface area (TPSA) is 57.9 Å². The summed E-state index contributed by atoms with van der Waals surface area (Å²) in [4.78, 5) is 13.9. The molecule has 166 valence electrons. The van der Waals surface area contributed by atoms with E-state index in [2.05, 4.69) is 66.9 Å². The summed E-state index contributed by atoms with van der Waals surface area (Å²) in [5, 5.41) is 3.53. The van der Waals surface area contributed by atoms with E-state index in [1.165, 1.54) is 11.2 Å². The molecule has 31 heavy (non-hydrogen) atoms. The van der Waals surface area contributed by atoms with Crippen molar-refractivity contribution in [3.8, 4) is 5.75 Å². The van der Waals surface area contributed by atoms with Crippen LogP contribution in [-0.2, 0) is 6.54 Å². The number of nitrogens with zero attached hydrogens (tertiary/aromatic N) is 5. The van der Waals surface area contributed by atoms with E-state index in [1.807, 2.05) is 25.2 Å². The highest BCUT2D eigenvalue weighted by atomic mass is 127. The Kier molecular flexibility index (Phi) is 8.00. The van der Waals surface area contributed by atoms with E-state index in [0.29, 0.717) is 0 Å². The molecule has 4 rings (SSSR count). The molecular weight excluding hydrogens is 503 g/mol. The Hall–Kier alpha value is -2.49. The van der Waals surface area contributed by atoms with Gasteiger partial charge >= 0.3 is 0 Å². The third kappa shape index (κ3) is 5.23. The van der Waals surface area contributed by atoms with E-state index in [1.54, 1.807) is 7.11 Å². The van der Waals surface area contributed by atoms with Gasteiger partial charge in [-0.25, -0.2) is 4.98 Å². The van der Waals surface area contributed by atoms with Crippen molar-refractivity contribution in [3.05, 3.63) is 54.4 Å². The minimum absolute atomic E-state index is 0. The zero-order valence-corrected chi connectivity index (χ0v) is 20.7. The summed E-state index contributed by atoms with van der Waals surface area (Å²) in [6.07, 6.45) is 0. The number of aromatic nitrogens is 2. The number of ether oxygens (including phenoxy) is 1. The molecule has 0 radical (unpaired) electrons. The predicted molar refractivity (Wildman–Crippen MR) is 138 cm³/mol. The molecule has 0 spiro atoms. The average molecular weight is 534 g/mol. The van der Waals surface area contributed by atoms with Crippen LogP contribution in [0, 0.1) is 6.92 Å². The van der Waals surface area contributed by atoms with Crippen molar-refractivity contribution in [2.45, 2.75) is 13.5 Å². The Morgan fingerprint density at radius 2 is 1.87 bits per heavy atom. The number of benzene rings is 2. The Bertz CT molecular complexity index is 1030. The number of halogens is 1. The lowest BCUT2D eigenvalue weighted by atomic mass is 10.2. The predicted octanol–water partition coefficient (Wildman–Crippen LogP) is 3.37. The van der Waals surface area contributed by atoms with Gasteiger partial charge in [0, 0.05) is 58.1 Å². The molecular formula is C23H31IN6O. The smallest absolute Gasteiger partial charge is 0.193 e. The van der Waals surface area contributed by atoms with Crippen molar-refractivity contribution in [1.29, 1.82) is 0 Å². The lowest BCUT2D eigenvalue weighted by Gasteiger charge is -2.37. The minimum Gasteiger partial charge on any atom is -0.497 e. The maximum absolute atomic E-state index is 5.36. The molecule has 3 aromatic rings. The molecule has 2 heterocycles. The number of rotatable bonds is 5. The second-order valence-corrected chi connectivity index (χ2v) is 7.45. The quantitative estimate of drug-likeness (QED) is 0.309. The number of aliphatic imine (C=N–C) groups is 1. The van der Waals surface area contributed by atoms with Gasteiger partial charge < -0.3 is 24.4 Å². The molecule has 1 fully saturated rings. The Morgan fingerprint density at radius 1 is 1.10 bits per heavy atom. The number of aryl methyl sites for hydroxylation is 1. The molecule has 1 aromatic heterocycles. The number of para-hydroxylation sites is 2. The summed E-state index contributed by atoms with van der Waals surface area (Å²) in [6, 6.07) is 16.6. The van der Waals surface area contributed by atoms with Crippen molar-refractivity contribution in [1.82, 2.24) is 19.8 Å². The third-order valence-electron chi connectivity index (χ3n) is 5.67. The van der Waals surface area contributed by atoms with Crippen molar-refractivity contribution in [3.63, 3.8) is 0 Å². The highest BCUT2D eigenvalue weighted by molar-refractivity contribution is 14.0. The fourth-order valence-corrected chi connectivity index (χ4v) is 4.07. The molecule has 1 aliphatic rings. The van der Waals surface area contributed by atoms with Crippen molar-refractivity contribution >= 4 is 46.7 Å². The summed E-state index contributed by atoms with van der Waals surface area (Å²) in [5.41, 5.74) is 3.44. The van der Waals surface area contributed by atoms with Crippen LogP contribution >= 0.6 is 24.0 Å². The standard InChI is InChI=1S/C23H30N6O.HI/c1-18-26-21-9-4-5-10-22(21)29(18)12-11-25-23(24-2)28-15-13-27(14-16-28)19-7-6-8-20(17-19)30-3;/h4-10,17H,11-16H2,1-3H3,(H,24,25);1H. The van der Waals surface area contributed by atoms with E-state index >= 15 is 0 Å². The monoisotopic (exact) mass is 534 g/mol. The molecule has 7 nitrogen and oxygen atoms in total. The molecule has 0 amide bonds. The maximum Gasteiger partial charge on any atom is 0.193 e. The van der Waals surface area contributed by atoms with E-state index in [9.17, 15) is 0 Å². The number of fused-ring (bicyclic) bond motifs is 1. The average Bonchev–Trinajstić information content (AvgIpc) is 3.12. The summed E-state index contributed by atoms with van der Waals surface area (Å²) in [5.74, 6) is 2.90. The largest absolute Gasteiger partial charge is 0.497 e. The summed E-state index contributed by atoms with van der Waals surface area (Å²) >= 11 is 0. The molecule has 0 unspecified atom stereocenters. The van der Waals surface area contributed by atoms with Crippen LogP contribution in [0.2, 0.25) is 0 Å². The summed E-state index contributed by atoms with van der Waals surface area (Å²) in [6.45, 7) is 7.51. The van der Waals surface area contributed by atoms with Crippen LogP contribution in [0.3, 0.4) is 0 Å². The van der Waals surface area contributed by atoms with Crippen molar-refractivity contribution < 1.29 is 4.74 Å². The van der Waals surface area contributed by atoms with Gasteiger partial charge in [0.2, 0.25) is 0 Å². The first-order valence-corrected chi connectivity index (χ1v) is 10.5. The fourth-order valence-electron chi connectivity index (χ4n) is 4.07. The lowest BCUT2D eigenvalue weighted by Crippen LogP contribution is -2.52. The van der Waals surface area contributed by atoms with Crippen molar-refractivity contribution in [2.24, 2.45) is 4.99 Å². The van der Waals surface area contributed by atoms with Crippen LogP contribution in [-0.4, -0.2) is 67.3 Å². The van der Waals surface area contributed by atoms with Gasteiger partial charge in [-0.15, -0.1) is 24.0 Å². The molecule has 0 atom stereocenters. The third-order valence-corrected chi connectivity index (χ3v) is 5.67. The molecule has 1 saturated heterocycles. The second kappa shape index (κ2) is 10.7. The normalized spacial score (nSPS) is 14.5. The number of hydrogen-bond donors (Lipinski definition) is 1. The zero-order valence-electron chi connectivity index (χ0n) is 18.4. The Balaban J connectivity index is 0.00000272. The highest BCUT2D eigenvalue weighted by Gasteiger charge is 2.20. The van der Waals surface area contributed by atoms with Crippen LogP contribution in [0.1, 0.15) is 5.82 Å². The van der Waals surface area contributed by atoms with Crippen LogP contribution in [0.15, 0.2) is 53.5 Å². The molecule has 0 aliphatic carbocycles. The summed E-state index contributed by atoms with van der Waals surface area (Å²) < 4.78 is 7.62. The van der Waals surface area contributed by atoms with Gasteiger partial charge in [-0.3, -0.25) is 4.99 Å². The number of nitrogens with one attached hydrogen (secondary N) is 1. The molecule has 2 aromatic carbocycles. The molecule has 1 aliphatic heterocycles. The SMILES string of the molecule is CN=C(NCCn1c(C)nc2ccccc21)N1CCN(c2cccc(OC)c2)CC1.I. The Morgan fingerprint density at radius 3 is 2.61 bits per heavy atom. The number of methoxy groups -OCH3 is 1. The van der Waals surface area contributed by atoms with Crippen LogP contribution < -0.4 is 15.0 Å². The van der Waals surface area contributed by atoms with Gasteiger partial charge in [0.05, 0.1) is 18.1 Å². The number of imidazole rings is 1. The zero-order chi connectivity index (χ0) is 20.9. The van der Waals surface area contributed by atoms with Crippen LogP contribution in [0.4, 0.5) is 5.69 Å². The fraction of sp³-hybridized carbons (Fsp3) is 0.391. The number of hydrogen-bond acceptors (Lipinski definition) is 4. The van der Waals surface area contributed by atoms with E-state index in [0.717, 1.165) is 62.3 Å². The Labute approximate surface area is 201 Å². The summed E-state index contributed by atoms with van der Waals surface area (Å²) in [7, 11) is 3.56. The number of anilines is 1. The van der Waals surface area contributed by atoms with Gasteiger partial charge in [0.1, 0.15) is 11.6 Å². The van der Waals surface area contributed by atoms with Gasteiger partial charge in [0.15, 0.2) is 5.96 Å². The van der Waals surface area contributed by atoms with E-state index < -0.39 is 0 Å². The first-order valence-electron chi connectivity index (χ1n) is 10.5. The van der Waals surface area contributed by atoms with Crippen molar-refractivity contribution in [2.75, 3.05) is 51.8 Å². The second-order valence-electron chi connectivity index (χ2n) is 7.45. The lowest BCUT2D eigenvalue weighted by molar-refractivity contribution is 0.371. The number of guanidine groups is 1. The maximum atomic E-state index is 5.36. The highest BCUT2D eigenvalue weighted by Crippen LogP contribution is 2.22. The molecule has 0 saturated carbocycles. The molecule has 0 bridgehead atoms. The van der Waals surface area contributed by atoms with Gasteiger partial charge in [-0.2, -0.15) is 0 Å². The van der Waals surface area contributed by atoms with Crippen LogP contribution in [0.5, 0.6) is 5.75 Å². The van der Waals surface area contributed by atoms with Crippen LogP contribution in [0.25, 0.3) is 11.0 Å². The van der Waals surface area contributed by atoms with Gasteiger partial charge in [0.25, 0.3) is 0 Å².